The molecule has 1 atom stereocenters. The average Bonchev–Trinajstić information content (AvgIpc) is 2.63. The van der Waals surface area contributed by atoms with Gasteiger partial charge in [-0.15, -0.1) is 0 Å². The molecule has 2 nitrogen and oxygen atoms in total. The molecule has 1 heterocycles. The Morgan fingerprint density at radius 2 is 2.21 bits per heavy atom. The molecular formula is C16H22ClNO. The van der Waals surface area contributed by atoms with Gasteiger partial charge in [0.05, 0.1) is 6.54 Å². The topological polar surface area (TPSA) is 20.3 Å². The Bertz CT molecular complexity index is 433. The summed E-state index contributed by atoms with van der Waals surface area (Å²) in [6.45, 7) is 3.79. The molecule has 1 aliphatic heterocycles. The molecule has 2 rings (SSSR count). The zero-order valence-corrected chi connectivity index (χ0v) is 12.3. The lowest BCUT2D eigenvalue weighted by atomic mass is 10.1. The molecule has 19 heavy (non-hydrogen) atoms. The molecule has 0 spiro atoms. The zero-order chi connectivity index (χ0) is 13.7. The van der Waals surface area contributed by atoms with Crippen molar-refractivity contribution in [1.29, 1.82) is 0 Å². The summed E-state index contributed by atoms with van der Waals surface area (Å²) in [7, 11) is 0. The van der Waals surface area contributed by atoms with Gasteiger partial charge in [-0.05, 0) is 37.9 Å². The third kappa shape index (κ3) is 4.05. The van der Waals surface area contributed by atoms with Crippen LogP contribution in [0.2, 0.25) is 5.02 Å². The van der Waals surface area contributed by atoms with Gasteiger partial charge in [-0.1, -0.05) is 43.5 Å². The number of carbonyl (C=O) groups excluding carboxylic acids is 1. The molecule has 1 aromatic rings. The fourth-order valence-electron chi connectivity index (χ4n) is 2.84. The first-order chi connectivity index (χ1) is 9.20. The molecule has 104 valence electrons. The van der Waals surface area contributed by atoms with Crippen LogP contribution in [0.25, 0.3) is 0 Å². The number of likely N-dealkylation sites (tertiary alicyclic amines) is 1. The van der Waals surface area contributed by atoms with Gasteiger partial charge < -0.3 is 0 Å². The molecule has 0 radical (unpaired) electrons. The second-order valence-electron chi connectivity index (χ2n) is 5.32. The third-order valence-corrected chi connectivity index (χ3v) is 4.20. The number of hydrogen-bond acceptors (Lipinski definition) is 2. The molecule has 1 aliphatic rings. The number of halogens is 1. The monoisotopic (exact) mass is 279 g/mol. The van der Waals surface area contributed by atoms with Crippen molar-refractivity contribution >= 4 is 17.4 Å². The van der Waals surface area contributed by atoms with E-state index in [1.54, 1.807) is 12.1 Å². The normalized spacial score (nSPS) is 21.1. The van der Waals surface area contributed by atoms with Crippen molar-refractivity contribution in [1.82, 2.24) is 4.90 Å². The predicted molar refractivity (Wildman–Crippen MR) is 79.9 cm³/mol. The van der Waals surface area contributed by atoms with E-state index >= 15 is 0 Å². The molecule has 0 bridgehead atoms. The van der Waals surface area contributed by atoms with E-state index in [1.165, 1.54) is 25.7 Å². The first kappa shape index (κ1) is 14.5. The predicted octanol–water partition coefficient (Wildman–Crippen LogP) is 4.18. The molecule has 3 heteroatoms. The van der Waals surface area contributed by atoms with Crippen LogP contribution in [-0.2, 0) is 0 Å². The summed E-state index contributed by atoms with van der Waals surface area (Å²) < 4.78 is 0. The highest BCUT2D eigenvalue weighted by molar-refractivity contribution is 6.31. The van der Waals surface area contributed by atoms with E-state index in [9.17, 15) is 4.79 Å². The lowest BCUT2D eigenvalue weighted by Gasteiger charge is -2.28. The first-order valence-electron chi connectivity index (χ1n) is 7.23. The molecule has 0 saturated carbocycles. The maximum atomic E-state index is 12.3. The number of ketones is 1. The van der Waals surface area contributed by atoms with Crippen LogP contribution in [-0.4, -0.2) is 29.8 Å². The Hall–Kier alpha value is -0.860. The van der Waals surface area contributed by atoms with Crippen molar-refractivity contribution in [2.75, 3.05) is 13.1 Å². The minimum Gasteiger partial charge on any atom is -0.293 e. The van der Waals surface area contributed by atoms with Crippen molar-refractivity contribution in [2.24, 2.45) is 0 Å². The van der Waals surface area contributed by atoms with Crippen LogP contribution in [0.3, 0.4) is 0 Å². The van der Waals surface area contributed by atoms with Gasteiger partial charge in [-0.3, -0.25) is 9.69 Å². The highest BCUT2D eigenvalue weighted by atomic mass is 35.5. The van der Waals surface area contributed by atoms with E-state index in [2.05, 4.69) is 11.8 Å². The highest BCUT2D eigenvalue weighted by Gasteiger charge is 2.22. The second-order valence-corrected chi connectivity index (χ2v) is 5.75. The Balaban J connectivity index is 2.04. The van der Waals surface area contributed by atoms with Crippen LogP contribution in [0.5, 0.6) is 0 Å². The Kier molecular flexibility index (Phi) is 5.41. The average molecular weight is 280 g/mol. The lowest BCUT2D eigenvalue weighted by molar-refractivity contribution is 0.0890. The summed E-state index contributed by atoms with van der Waals surface area (Å²) in [5.74, 6) is 0.183. The largest absolute Gasteiger partial charge is 0.293 e. The van der Waals surface area contributed by atoms with Gasteiger partial charge in [-0.2, -0.15) is 0 Å². The molecular weight excluding hydrogens is 258 g/mol. The summed E-state index contributed by atoms with van der Waals surface area (Å²) in [5, 5.41) is 0.633. The summed E-state index contributed by atoms with van der Waals surface area (Å²) in [5.41, 5.74) is 0.728. The fourth-order valence-corrected chi connectivity index (χ4v) is 3.04. The zero-order valence-electron chi connectivity index (χ0n) is 11.6. The number of carbonyl (C=O) groups is 1. The minimum atomic E-state index is 0.183. The fraction of sp³-hybridized carbons (Fsp3) is 0.562. The van der Waals surface area contributed by atoms with Crippen molar-refractivity contribution in [3.8, 4) is 0 Å². The van der Waals surface area contributed by atoms with Crippen LogP contribution >= 0.6 is 11.6 Å². The van der Waals surface area contributed by atoms with Gasteiger partial charge in [0.2, 0.25) is 0 Å². The standard InChI is InChI=1S/C16H22ClNO/c1-2-15-9-4-3-5-10-18(15)12-16(19)13-7-6-8-14(17)11-13/h6-8,11,15H,2-5,9-10,12H2,1H3. The SMILES string of the molecule is CCC1CCCCCN1CC(=O)c1cccc(Cl)c1. The molecule has 0 aromatic heterocycles. The van der Waals surface area contributed by atoms with Gasteiger partial charge in [0, 0.05) is 16.6 Å². The second kappa shape index (κ2) is 7.06. The first-order valence-corrected chi connectivity index (χ1v) is 7.61. The van der Waals surface area contributed by atoms with Gasteiger partial charge >= 0.3 is 0 Å². The smallest absolute Gasteiger partial charge is 0.176 e. The van der Waals surface area contributed by atoms with Gasteiger partial charge in [0.25, 0.3) is 0 Å². The van der Waals surface area contributed by atoms with Crippen LogP contribution in [0.4, 0.5) is 0 Å². The van der Waals surface area contributed by atoms with E-state index in [1.807, 2.05) is 12.1 Å². The van der Waals surface area contributed by atoms with E-state index in [0.717, 1.165) is 18.5 Å². The van der Waals surface area contributed by atoms with Crippen LogP contribution in [0.15, 0.2) is 24.3 Å². The van der Waals surface area contributed by atoms with Gasteiger partial charge in [0.1, 0.15) is 0 Å². The Morgan fingerprint density at radius 1 is 1.37 bits per heavy atom. The molecule has 1 fully saturated rings. The Morgan fingerprint density at radius 3 is 2.95 bits per heavy atom. The molecule has 1 saturated heterocycles. The molecule has 1 unspecified atom stereocenters. The lowest BCUT2D eigenvalue weighted by Crippen LogP contribution is -2.38. The molecule has 1 aromatic carbocycles. The van der Waals surface area contributed by atoms with E-state index < -0.39 is 0 Å². The van der Waals surface area contributed by atoms with E-state index in [4.69, 9.17) is 11.6 Å². The summed E-state index contributed by atoms with van der Waals surface area (Å²) in [4.78, 5) is 14.7. The summed E-state index contributed by atoms with van der Waals surface area (Å²) in [6.07, 6.45) is 6.14. The molecule has 0 amide bonds. The maximum absolute atomic E-state index is 12.3. The van der Waals surface area contributed by atoms with E-state index in [-0.39, 0.29) is 5.78 Å². The number of nitrogens with zero attached hydrogens (tertiary/aromatic N) is 1. The van der Waals surface area contributed by atoms with Crippen molar-refractivity contribution < 1.29 is 4.79 Å². The highest BCUT2D eigenvalue weighted by Crippen LogP contribution is 2.20. The van der Waals surface area contributed by atoms with E-state index in [0.29, 0.717) is 17.6 Å². The molecule has 0 aliphatic carbocycles. The van der Waals surface area contributed by atoms with Gasteiger partial charge in [-0.25, -0.2) is 0 Å². The van der Waals surface area contributed by atoms with Crippen LogP contribution < -0.4 is 0 Å². The maximum Gasteiger partial charge on any atom is 0.176 e. The number of Topliss-reactive ketones (excluding diaryl/α,β-unsaturated/α-hetero) is 1. The summed E-state index contributed by atoms with van der Waals surface area (Å²) >= 11 is 5.95. The van der Waals surface area contributed by atoms with Gasteiger partial charge in [0.15, 0.2) is 5.78 Å². The number of rotatable bonds is 4. The molecule has 0 N–H and O–H groups in total. The summed E-state index contributed by atoms with van der Waals surface area (Å²) in [6, 6.07) is 7.83. The van der Waals surface area contributed by atoms with Crippen molar-refractivity contribution in [3.63, 3.8) is 0 Å². The Labute approximate surface area is 120 Å². The number of benzene rings is 1. The quantitative estimate of drug-likeness (QED) is 0.771. The number of hydrogen-bond donors (Lipinski definition) is 0. The van der Waals surface area contributed by atoms with Crippen molar-refractivity contribution in [2.45, 2.75) is 45.1 Å². The van der Waals surface area contributed by atoms with Crippen LogP contribution in [0, 0.1) is 0 Å². The van der Waals surface area contributed by atoms with Crippen molar-refractivity contribution in [3.05, 3.63) is 34.9 Å². The minimum absolute atomic E-state index is 0.183. The third-order valence-electron chi connectivity index (χ3n) is 3.96. The van der Waals surface area contributed by atoms with Crippen LogP contribution in [0.1, 0.15) is 49.4 Å².